The maximum atomic E-state index is 12.8. The fraction of sp³-hybridized carbons (Fsp3) is 0.250. The molecule has 4 rings (SSSR count). The van der Waals surface area contributed by atoms with Crippen molar-refractivity contribution in [3.05, 3.63) is 70.8 Å². The van der Waals surface area contributed by atoms with E-state index in [4.69, 9.17) is 4.74 Å². The Morgan fingerprint density at radius 1 is 1.16 bits per heavy atom. The minimum atomic E-state index is -0.0451. The van der Waals surface area contributed by atoms with Crippen molar-refractivity contribution in [2.45, 2.75) is 12.6 Å². The normalized spacial score (nSPS) is 17.8. The Morgan fingerprint density at radius 2 is 2.00 bits per heavy atom. The molecule has 1 fully saturated rings. The fourth-order valence-corrected chi connectivity index (χ4v) is 3.68. The van der Waals surface area contributed by atoms with Gasteiger partial charge in [0.15, 0.2) is 0 Å². The second-order valence-corrected chi connectivity index (χ2v) is 7.17. The van der Waals surface area contributed by atoms with Crippen LogP contribution >= 0.6 is 15.9 Å². The van der Waals surface area contributed by atoms with E-state index in [2.05, 4.69) is 34.1 Å². The predicted molar refractivity (Wildman–Crippen MR) is 101 cm³/mol. The van der Waals surface area contributed by atoms with Gasteiger partial charge in [-0.3, -0.25) is 4.79 Å². The number of hydrogen-bond donors (Lipinski definition) is 0. The number of halogens is 1. The zero-order valence-corrected chi connectivity index (χ0v) is 15.4. The smallest absolute Gasteiger partial charge is 0.242 e. The first-order valence-electron chi connectivity index (χ1n) is 8.39. The van der Waals surface area contributed by atoms with Crippen LogP contribution in [-0.4, -0.2) is 35.1 Å². The van der Waals surface area contributed by atoms with Gasteiger partial charge in [-0.1, -0.05) is 46.3 Å². The van der Waals surface area contributed by atoms with Crippen LogP contribution in [0.5, 0.6) is 0 Å². The highest BCUT2D eigenvalue weighted by Crippen LogP contribution is 2.23. The highest BCUT2D eigenvalue weighted by molar-refractivity contribution is 9.10. The molecule has 0 unspecified atom stereocenters. The second kappa shape index (κ2) is 7.02. The fourth-order valence-electron chi connectivity index (χ4n) is 3.30. The quantitative estimate of drug-likeness (QED) is 0.667. The zero-order valence-electron chi connectivity index (χ0n) is 13.8. The molecule has 25 heavy (non-hydrogen) atoms. The van der Waals surface area contributed by atoms with Crippen LogP contribution in [0.25, 0.3) is 10.9 Å². The van der Waals surface area contributed by atoms with Gasteiger partial charge in [0.25, 0.3) is 0 Å². The summed E-state index contributed by atoms with van der Waals surface area (Å²) in [5.41, 5.74) is 2.20. The van der Waals surface area contributed by atoms with Gasteiger partial charge in [0.2, 0.25) is 5.91 Å². The Balaban J connectivity index is 1.48. The molecule has 0 bridgehead atoms. The van der Waals surface area contributed by atoms with E-state index in [0.29, 0.717) is 26.2 Å². The molecule has 0 aliphatic carbocycles. The molecule has 2 aromatic carbocycles. The Hall–Kier alpha value is -2.11. The van der Waals surface area contributed by atoms with E-state index >= 15 is 0 Å². The topological polar surface area (TPSA) is 34.5 Å². The first kappa shape index (κ1) is 16.4. The van der Waals surface area contributed by atoms with Gasteiger partial charge in [0.1, 0.15) is 12.6 Å². The maximum Gasteiger partial charge on any atom is 0.242 e. The van der Waals surface area contributed by atoms with E-state index in [1.807, 2.05) is 52.1 Å². The van der Waals surface area contributed by atoms with Crippen LogP contribution in [0.15, 0.2) is 65.3 Å². The van der Waals surface area contributed by atoms with Crippen LogP contribution in [0.3, 0.4) is 0 Å². The summed E-state index contributed by atoms with van der Waals surface area (Å²) >= 11 is 3.49. The van der Waals surface area contributed by atoms with Gasteiger partial charge in [-0.15, -0.1) is 0 Å². The standard InChI is InChI=1S/C20H19BrN2O2/c21-17-6-7-18-16(12-17)8-9-22(18)14-20(24)23-10-11-25-19(13-23)15-4-2-1-3-5-15/h1-9,12,19H,10-11,13-14H2/t19-/m0/s1. The van der Waals surface area contributed by atoms with Crippen molar-refractivity contribution >= 4 is 32.7 Å². The lowest BCUT2D eigenvalue weighted by Crippen LogP contribution is -2.43. The summed E-state index contributed by atoms with van der Waals surface area (Å²) in [6, 6.07) is 18.3. The third kappa shape index (κ3) is 3.48. The number of aromatic nitrogens is 1. The van der Waals surface area contributed by atoms with Crippen LogP contribution in [0.2, 0.25) is 0 Å². The van der Waals surface area contributed by atoms with Gasteiger partial charge in [-0.25, -0.2) is 0 Å². The summed E-state index contributed by atoms with van der Waals surface area (Å²) < 4.78 is 8.91. The second-order valence-electron chi connectivity index (χ2n) is 6.26. The van der Waals surface area contributed by atoms with Gasteiger partial charge >= 0.3 is 0 Å². The van der Waals surface area contributed by atoms with Crippen molar-refractivity contribution in [2.75, 3.05) is 19.7 Å². The number of nitrogens with zero attached hydrogens (tertiary/aromatic N) is 2. The third-order valence-electron chi connectivity index (χ3n) is 4.63. The summed E-state index contributed by atoms with van der Waals surface area (Å²) in [4.78, 5) is 14.7. The summed E-state index contributed by atoms with van der Waals surface area (Å²) in [6.07, 6.45) is 1.93. The lowest BCUT2D eigenvalue weighted by molar-refractivity contribution is -0.139. The largest absolute Gasteiger partial charge is 0.370 e. The molecular formula is C20H19BrN2O2. The van der Waals surface area contributed by atoms with Gasteiger partial charge in [0, 0.05) is 28.1 Å². The van der Waals surface area contributed by atoms with Crippen molar-refractivity contribution in [1.29, 1.82) is 0 Å². The number of fused-ring (bicyclic) bond motifs is 1. The van der Waals surface area contributed by atoms with Crippen molar-refractivity contribution < 1.29 is 9.53 Å². The average molecular weight is 399 g/mol. The minimum absolute atomic E-state index is 0.0451. The number of rotatable bonds is 3. The summed E-state index contributed by atoms with van der Waals surface area (Å²) in [6.45, 7) is 2.18. The summed E-state index contributed by atoms with van der Waals surface area (Å²) in [7, 11) is 0. The first-order chi connectivity index (χ1) is 12.2. The number of hydrogen-bond acceptors (Lipinski definition) is 2. The first-order valence-corrected chi connectivity index (χ1v) is 9.19. The number of carbonyl (C=O) groups excluding carboxylic acids is 1. The van der Waals surface area contributed by atoms with E-state index in [1.54, 1.807) is 0 Å². The van der Waals surface area contributed by atoms with Crippen molar-refractivity contribution in [1.82, 2.24) is 9.47 Å². The number of morpholine rings is 1. The van der Waals surface area contributed by atoms with Crippen molar-refractivity contribution in [3.63, 3.8) is 0 Å². The molecule has 0 radical (unpaired) electrons. The van der Waals surface area contributed by atoms with Crippen molar-refractivity contribution in [2.24, 2.45) is 0 Å². The minimum Gasteiger partial charge on any atom is -0.370 e. The van der Waals surface area contributed by atoms with E-state index in [0.717, 1.165) is 20.9 Å². The monoisotopic (exact) mass is 398 g/mol. The number of amides is 1. The molecule has 5 heteroatoms. The molecule has 1 aliphatic heterocycles. The van der Waals surface area contributed by atoms with Gasteiger partial charge in [-0.2, -0.15) is 0 Å². The molecule has 2 heterocycles. The molecule has 3 aromatic rings. The average Bonchev–Trinajstić information content (AvgIpc) is 3.04. The van der Waals surface area contributed by atoms with Crippen LogP contribution in [0, 0.1) is 0 Å². The lowest BCUT2D eigenvalue weighted by Gasteiger charge is -2.33. The number of benzene rings is 2. The van der Waals surface area contributed by atoms with Crippen molar-refractivity contribution in [3.8, 4) is 0 Å². The van der Waals surface area contributed by atoms with Crippen LogP contribution in [0.4, 0.5) is 0 Å². The van der Waals surface area contributed by atoms with E-state index in [1.165, 1.54) is 0 Å². The Labute approximate surface area is 155 Å². The van der Waals surface area contributed by atoms with Gasteiger partial charge in [0.05, 0.1) is 13.2 Å². The van der Waals surface area contributed by atoms with E-state index < -0.39 is 0 Å². The molecule has 1 saturated heterocycles. The molecule has 1 atom stereocenters. The molecule has 1 aromatic heterocycles. The van der Waals surface area contributed by atoms with Gasteiger partial charge < -0.3 is 14.2 Å². The van der Waals surface area contributed by atoms with Crippen LogP contribution < -0.4 is 0 Å². The molecular weight excluding hydrogens is 380 g/mol. The molecule has 0 N–H and O–H groups in total. The highest BCUT2D eigenvalue weighted by Gasteiger charge is 2.25. The van der Waals surface area contributed by atoms with Crippen LogP contribution in [-0.2, 0) is 16.1 Å². The molecule has 1 aliphatic rings. The summed E-state index contributed by atoms with van der Waals surface area (Å²) in [5, 5.41) is 1.13. The van der Waals surface area contributed by atoms with E-state index in [-0.39, 0.29) is 12.0 Å². The summed E-state index contributed by atoms with van der Waals surface area (Å²) in [5.74, 6) is 0.129. The Bertz CT molecular complexity index is 891. The zero-order chi connectivity index (χ0) is 17.2. The van der Waals surface area contributed by atoms with Crippen LogP contribution in [0.1, 0.15) is 11.7 Å². The third-order valence-corrected chi connectivity index (χ3v) is 5.12. The SMILES string of the molecule is O=C(Cn1ccc2cc(Br)ccc21)N1CCO[C@H](c2ccccc2)C1. The molecule has 1 amide bonds. The molecule has 4 nitrogen and oxygen atoms in total. The maximum absolute atomic E-state index is 12.8. The number of ether oxygens (including phenoxy) is 1. The molecule has 0 spiro atoms. The molecule has 0 saturated carbocycles. The predicted octanol–water partition coefficient (Wildman–Crippen LogP) is 4.00. The highest BCUT2D eigenvalue weighted by atomic mass is 79.9. The van der Waals surface area contributed by atoms with E-state index in [9.17, 15) is 4.79 Å². The lowest BCUT2D eigenvalue weighted by atomic mass is 10.1. The Kier molecular flexibility index (Phi) is 4.59. The molecule has 128 valence electrons. The number of carbonyl (C=O) groups is 1. The van der Waals surface area contributed by atoms with Gasteiger partial charge in [-0.05, 0) is 29.8 Å². The Morgan fingerprint density at radius 3 is 2.84 bits per heavy atom.